The first kappa shape index (κ1) is 12.6. The molecule has 0 saturated heterocycles. The Hall–Kier alpha value is -1.42. The number of nitrogens with two attached hydrogens (primary N) is 1. The third kappa shape index (κ3) is 2.14. The Balaban J connectivity index is 2.13. The van der Waals surface area contributed by atoms with E-state index in [9.17, 15) is 4.39 Å². The van der Waals surface area contributed by atoms with Crippen molar-refractivity contribution in [2.24, 2.45) is 5.73 Å². The molecule has 0 aliphatic heterocycles. The second kappa shape index (κ2) is 4.93. The van der Waals surface area contributed by atoms with E-state index in [1.807, 2.05) is 6.07 Å². The first-order valence-corrected chi connectivity index (χ1v) is 7.12. The maximum absolute atomic E-state index is 13.3. The van der Waals surface area contributed by atoms with Gasteiger partial charge in [0.2, 0.25) is 0 Å². The zero-order valence-electron chi connectivity index (χ0n) is 11.3. The van der Waals surface area contributed by atoms with Crippen molar-refractivity contribution in [2.75, 3.05) is 0 Å². The van der Waals surface area contributed by atoms with E-state index in [4.69, 9.17) is 5.73 Å². The molecule has 19 heavy (non-hydrogen) atoms. The Kier molecular flexibility index (Phi) is 3.27. The fourth-order valence-corrected chi connectivity index (χ4v) is 3.17. The van der Waals surface area contributed by atoms with Gasteiger partial charge >= 0.3 is 0 Å². The van der Waals surface area contributed by atoms with Gasteiger partial charge in [0.15, 0.2) is 0 Å². The van der Waals surface area contributed by atoms with Gasteiger partial charge in [-0.1, -0.05) is 13.3 Å². The number of hydrogen-bond acceptors (Lipinski definition) is 2. The number of aromatic nitrogens is 2. The fraction of sp³-hybridized carbons (Fsp3) is 0.533. The van der Waals surface area contributed by atoms with Crippen molar-refractivity contribution in [1.82, 2.24) is 9.55 Å². The summed E-state index contributed by atoms with van der Waals surface area (Å²) in [6, 6.07) is 5.05. The van der Waals surface area contributed by atoms with Crippen molar-refractivity contribution >= 4 is 11.0 Å². The molecule has 1 aliphatic carbocycles. The Labute approximate surface area is 112 Å². The first-order chi connectivity index (χ1) is 9.20. The minimum absolute atomic E-state index is 0.192. The third-order valence-electron chi connectivity index (χ3n) is 4.09. The average molecular weight is 261 g/mol. The van der Waals surface area contributed by atoms with Crippen LogP contribution in [0.1, 0.15) is 44.3 Å². The van der Waals surface area contributed by atoms with Crippen molar-refractivity contribution in [2.45, 2.75) is 51.1 Å². The van der Waals surface area contributed by atoms with Gasteiger partial charge < -0.3 is 10.3 Å². The molecule has 3 rings (SSSR count). The van der Waals surface area contributed by atoms with Crippen LogP contribution in [0, 0.1) is 5.82 Å². The van der Waals surface area contributed by atoms with Gasteiger partial charge in [-0.25, -0.2) is 9.37 Å². The lowest BCUT2D eigenvalue weighted by molar-refractivity contribution is 0.538. The number of halogens is 1. The van der Waals surface area contributed by atoms with E-state index in [2.05, 4.69) is 16.5 Å². The molecule has 2 atom stereocenters. The van der Waals surface area contributed by atoms with Crippen molar-refractivity contribution in [3.8, 4) is 0 Å². The molecule has 1 heterocycles. The number of nitrogens with zero attached hydrogens (tertiary/aromatic N) is 2. The van der Waals surface area contributed by atoms with E-state index in [1.54, 1.807) is 0 Å². The molecule has 1 aromatic heterocycles. The minimum Gasteiger partial charge on any atom is -0.328 e. The zero-order valence-corrected chi connectivity index (χ0v) is 11.3. The Morgan fingerprint density at radius 2 is 2.26 bits per heavy atom. The van der Waals surface area contributed by atoms with Crippen LogP contribution >= 0.6 is 0 Å². The van der Waals surface area contributed by atoms with Crippen LogP contribution in [0.15, 0.2) is 18.2 Å². The minimum atomic E-state index is -0.226. The summed E-state index contributed by atoms with van der Waals surface area (Å²) >= 11 is 0. The molecule has 1 aromatic carbocycles. The van der Waals surface area contributed by atoms with Crippen molar-refractivity contribution in [3.63, 3.8) is 0 Å². The normalized spacial score (nSPS) is 23.3. The van der Waals surface area contributed by atoms with E-state index in [0.29, 0.717) is 5.92 Å². The van der Waals surface area contributed by atoms with E-state index < -0.39 is 0 Å². The number of imidazole rings is 1. The predicted molar refractivity (Wildman–Crippen MR) is 74.5 cm³/mol. The van der Waals surface area contributed by atoms with Crippen LogP contribution in [-0.2, 0) is 6.54 Å². The summed E-state index contributed by atoms with van der Waals surface area (Å²) in [5.41, 5.74) is 7.98. The van der Waals surface area contributed by atoms with Crippen LogP contribution in [-0.4, -0.2) is 15.6 Å². The number of fused-ring (bicyclic) bond motifs is 1. The molecule has 0 bridgehead atoms. The third-order valence-corrected chi connectivity index (χ3v) is 4.09. The number of rotatable bonds is 3. The second-order valence-electron chi connectivity index (χ2n) is 5.46. The lowest BCUT2D eigenvalue weighted by Gasteiger charge is -2.17. The predicted octanol–water partition coefficient (Wildman–Crippen LogP) is 3.18. The molecule has 2 N–H and O–H groups in total. The lowest BCUT2D eigenvalue weighted by Crippen LogP contribution is -2.25. The highest BCUT2D eigenvalue weighted by atomic mass is 19.1. The highest BCUT2D eigenvalue weighted by molar-refractivity contribution is 5.76. The van der Waals surface area contributed by atoms with E-state index in [0.717, 1.165) is 49.1 Å². The molecular weight excluding hydrogens is 241 g/mol. The molecule has 0 spiro atoms. The molecule has 1 fully saturated rings. The average Bonchev–Trinajstić information content (AvgIpc) is 2.94. The topological polar surface area (TPSA) is 43.8 Å². The Morgan fingerprint density at radius 3 is 2.95 bits per heavy atom. The summed E-state index contributed by atoms with van der Waals surface area (Å²) in [4.78, 5) is 4.67. The largest absolute Gasteiger partial charge is 0.328 e. The Bertz CT molecular complexity index is 590. The van der Waals surface area contributed by atoms with Gasteiger partial charge in [0.05, 0.1) is 11.0 Å². The van der Waals surface area contributed by atoms with Crippen LogP contribution in [0.2, 0.25) is 0 Å². The van der Waals surface area contributed by atoms with Crippen LogP contribution in [0.25, 0.3) is 11.0 Å². The molecule has 4 heteroatoms. The molecule has 1 saturated carbocycles. The van der Waals surface area contributed by atoms with Crippen molar-refractivity contribution < 1.29 is 4.39 Å². The van der Waals surface area contributed by atoms with Gasteiger partial charge in [-0.2, -0.15) is 0 Å². The highest BCUT2D eigenvalue weighted by Gasteiger charge is 2.30. The fourth-order valence-electron chi connectivity index (χ4n) is 3.17. The maximum Gasteiger partial charge on any atom is 0.125 e. The summed E-state index contributed by atoms with van der Waals surface area (Å²) in [5, 5.41) is 0. The summed E-state index contributed by atoms with van der Waals surface area (Å²) < 4.78 is 15.6. The molecule has 3 nitrogen and oxygen atoms in total. The van der Waals surface area contributed by atoms with Gasteiger partial charge in [0, 0.05) is 24.6 Å². The van der Waals surface area contributed by atoms with Gasteiger partial charge in [0.1, 0.15) is 11.6 Å². The molecule has 2 aromatic rings. The summed E-state index contributed by atoms with van der Waals surface area (Å²) in [5.74, 6) is 1.14. The van der Waals surface area contributed by atoms with Crippen LogP contribution in [0.5, 0.6) is 0 Å². The maximum atomic E-state index is 13.3. The SMILES string of the molecule is CCCn1c(C2CCCC2N)nc2cc(F)ccc21. The van der Waals surface area contributed by atoms with Crippen molar-refractivity contribution in [1.29, 1.82) is 0 Å². The Morgan fingerprint density at radius 1 is 1.42 bits per heavy atom. The van der Waals surface area contributed by atoms with Crippen molar-refractivity contribution in [3.05, 3.63) is 29.8 Å². The lowest BCUT2D eigenvalue weighted by atomic mass is 10.0. The van der Waals surface area contributed by atoms with Gasteiger partial charge in [-0.05, 0) is 31.4 Å². The van der Waals surface area contributed by atoms with Crippen LogP contribution in [0.4, 0.5) is 4.39 Å². The molecular formula is C15H20FN3. The van der Waals surface area contributed by atoms with Gasteiger partial charge in [-0.3, -0.25) is 0 Å². The first-order valence-electron chi connectivity index (χ1n) is 7.12. The van der Waals surface area contributed by atoms with Crippen LogP contribution in [0.3, 0.4) is 0 Å². The van der Waals surface area contributed by atoms with Gasteiger partial charge in [-0.15, -0.1) is 0 Å². The number of hydrogen-bond donors (Lipinski definition) is 1. The molecule has 0 radical (unpaired) electrons. The van der Waals surface area contributed by atoms with Gasteiger partial charge in [0.25, 0.3) is 0 Å². The zero-order chi connectivity index (χ0) is 13.4. The molecule has 102 valence electrons. The number of benzene rings is 1. The monoisotopic (exact) mass is 261 g/mol. The quantitative estimate of drug-likeness (QED) is 0.922. The number of aryl methyl sites for hydroxylation is 1. The highest BCUT2D eigenvalue weighted by Crippen LogP contribution is 2.34. The smallest absolute Gasteiger partial charge is 0.125 e. The summed E-state index contributed by atoms with van der Waals surface area (Å²) in [6.45, 7) is 3.06. The van der Waals surface area contributed by atoms with Crippen LogP contribution < -0.4 is 5.73 Å². The standard InChI is InChI=1S/C15H20FN3/c1-2-8-19-14-7-6-10(16)9-13(14)18-15(19)11-4-3-5-12(11)17/h6-7,9,11-12H,2-5,8,17H2,1H3. The molecule has 2 unspecified atom stereocenters. The second-order valence-corrected chi connectivity index (χ2v) is 5.46. The molecule has 0 amide bonds. The summed E-state index contributed by atoms with van der Waals surface area (Å²) in [6.07, 6.45) is 4.36. The molecule has 1 aliphatic rings. The van der Waals surface area contributed by atoms with E-state index in [-0.39, 0.29) is 11.9 Å². The van der Waals surface area contributed by atoms with E-state index >= 15 is 0 Å². The van der Waals surface area contributed by atoms with E-state index in [1.165, 1.54) is 12.1 Å². The summed E-state index contributed by atoms with van der Waals surface area (Å²) in [7, 11) is 0.